The molecule has 0 aromatic heterocycles. The topological polar surface area (TPSA) is 72.5 Å². The smallest absolute Gasteiger partial charge is 0.253 e. The molecule has 2 rings (SSSR count). The van der Waals surface area contributed by atoms with E-state index in [-0.39, 0.29) is 17.1 Å². The summed E-state index contributed by atoms with van der Waals surface area (Å²) < 4.78 is 0. The van der Waals surface area contributed by atoms with Crippen LogP contribution >= 0.6 is 0 Å². The number of Topliss-reactive ketones (excluding diaryl/α,β-unsaturated/α-hetero) is 2. The number of hydroxylamine groups is 1. The molecule has 0 atom stereocenters. The fraction of sp³-hybridized carbons (Fsp3) is 0.312. The summed E-state index contributed by atoms with van der Waals surface area (Å²) in [5.41, 5.74) is 2.29. The number of carbonyl (C=O) groups excluding carboxylic acids is 3. The number of hydrogen-bond donors (Lipinski definition) is 1. The van der Waals surface area contributed by atoms with Gasteiger partial charge in [-0.3, -0.25) is 19.2 Å². The minimum Gasteiger partial charge on any atom is -0.289 e. The fourth-order valence-electron chi connectivity index (χ4n) is 2.59. The van der Waals surface area contributed by atoms with Crippen molar-refractivity contribution in [2.75, 3.05) is 7.11 Å². The van der Waals surface area contributed by atoms with E-state index in [1.54, 1.807) is 45.0 Å². The van der Waals surface area contributed by atoms with E-state index >= 15 is 0 Å². The van der Waals surface area contributed by atoms with Crippen LogP contribution in [-0.4, -0.2) is 24.6 Å². The lowest BCUT2D eigenvalue weighted by molar-refractivity contribution is -0.138. The van der Waals surface area contributed by atoms with Crippen LogP contribution in [0.1, 0.15) is 41.5 Å². The van der Waals surface area contributed by atoms with Crippen molar-refractivity contribution in [2.45, 2.75) is 20.8 Å². The van der Waals surface area contributed by atoms with Gasteiger partial charge in [0, 0.05) is 22.3 Å². The van der Waals surface area contributed by atoms with E-state index in [9.17, 15) is 14.4 Å². The number of benzene rings is 1. The number of fused-ring (bicyclic) bond motifs is 1. The second-order valence-corrected chi connectivity index (χ2v) is 5.46. The third kappa shape index (κ3) is 2.29. The van der Waals surface area contributed by atoms with E-state index < -0.39 is 11.3 Å². The first-order chi connectivity index (χ1) is 9.82. The molecule has 1 aliphatic rings. The predicted octanol–water partition coefficient (Wildman–Crippen LogP) is 2.09. The average molecular weight is 287 g/mol. The molecular formula is C16H17NO4. The Hall–Kier alpha value is -2.27. The lowest BCUT2D eigenvalue weighted by atomic mass is 9.72. The number of ketones is 2. The summed E-state index contributed by atoms with van der Waals surface area (Å²) in [5, 5.41) is 0. The van der Waals surface area contributed by atoms with Crippen molar-refractivity contribution >= 4 is 17.5 Å². The first kappa shape index (κ1) is 15.1. The number of hydrogen-bond acceptors (Lipinski definition) is 4. The minimum absolute atomic E-state index is 0.209. The highest BCUT2D eigenvalue weighted by molar-refractivity contribution is 6.28. The van der Waals surface area contributed by atoms with Crippen LogP contribution in [0.2, 0.25) is 0 Å². The Morgan fingerprint density at radius 2 is 1.62 bits per heavy atom. The van der Waals surface area contributed by atoms with Crippen LogP contribution in [0.5, 0.6) is 0 Å². The zero-order valence-electron chi connectivity index (χ0n) is 12.4. The van der Waals surface area contributed by atoms with Gasteiger partial charge < -0.3 is 0 Å². The van der Waals surface area contributed by atoms with Gasteiger partial charge in [-0.05, 0) is 20.8 Å². The predicted molar refractivity (Wildman–Crippen MR) is 76.7 cm³/mol. The van der Waals surface area contributed by atoms with Crippen LogP contribution in [0, 0.1) is 5.41 Å². The van der Waals surface area contributed by atoms with E-state index in [1.165, 1.54) is 7.11 Å². The summed E-state index contributed by atoms with van der Waals surface area (Å²) in [6.07, 6.45) is 0. The van der Waals surface area contributed by atoms with Crippen molar-refractivity contribution in [3.63, 3.8) is 0 Å². The van der Waals surface area contributed by atoms with E-state index in [4.69, 9.17) is 0 Å². The Kier molecular flexibility index (Phi) is 3.78. The molecule has 1 N–H and O–H groups in total. The lowest BCUT2D eigenvalue weighted by Crippen LogP contribution is -2.42. The lowest BCUT2D eigenvalue weighted by Gasteiger charge is -2.30. The monoisotopic (exact) mass is 287 g/mol. The second-order valence-electron chi connectivity index (χ2n) is 5.46. The molecule has 0 saturated heterocycles. The summed E-state index contributed by atoms with van der Waals surface area (Å²) >= 11 is 0. The fourth-order valence-corrected chi connectivity index (χ4v) is 2.59. The summed E-state index contributed by atoms with van der Waals surface area (Å²) in [6, 6.07) is 6.64. The van der Waals surface area contributed by atoms with Gasteiger partial charge in [0.1, 0.15) is 0 Å². The number of amides is 1. The van der Waals surface area contributed by atoms with Gasteiger partial charge in [0.25, 0.3) is 5.91 Å². The third-order valence-corrected chi connectivity index (χ3v) is 3.75. The summed E-state index contributed by atoms with van der Waals surface area (Å²) in [4.78, 5) is 41.9. The van der Waals surface area contributed by atoms with E-state index in [1.807, 2.05) is 0 Å². The zero-order valence-corrected chi connectivity index (χ0v) is 12.4. The quantitative estimate of drug-likeness (QED) is 0.864. The van der Waals surface area contributed by atoms with Gasteiger partial charge in [-0.15, -0.1) is 0 Å². The van der Waals surface area contributed by atoms with Crippen LogP contribution < -0.4 is 5.48 Å². The Morgan fingerprint density at radius 1 is 1.10 bits per heavy atom. The zero-order chi connectivity index (χ0) is 15.8. The van der Waals surface area contributed by atoms with Gasteiger partial charge in [-0.1, -0.05) is 24.3 Å². The molecule has 1 aliphatic carbocycles. The van der Waals surface area contributed by atoms with Crippen molar-refractivity contribution in [1.82, 2.24) is 5.48 Å². The van der Waals surface area contributed by atoms with Crippen LogP contribution in [-0.2, 0) is 9.63 Å². The first-order valence-electron chi connectivity index (χ1n) is 6.55. The molecule has 5 heteroatoms. The third-order valence-electron chi connectivity index (χ3n) is 3.75. The van der Waals surface area contributed by atoms with Crippen LogP contribution in [0.25, 0.3) is 0 Å². The number of carbonyl (C=O) groups is 3. The molecular weight excluding hydrogens is 270 g/mol. The second kappa shape index (κ2) is 5.26. The maximum absolute atomic E-state index is 12.7. The maximum Gasteiger partial charge on any atom is 0.253 e. The van der Waals surface area contributed by atoms with E-state index in [0.29, 0.717) is 16.7 Å². The SMILES string of the molecule is CONC(=O)C(C)(C)C1=C(C)C(=O)c2ccccc2C1=O. The van der Waals surface area contributed by atoms with Gasteiger partial charge >= 0.3 is 0 Å². The Morgan fingerprint density at radius 3 is 2.14 bits per heavy atom. The first-order valence-corrected chi connectivity index (χ1v) is 6.55. The van der Waals surface area contributed by atoms with Gasteiger partial charge in [-0.2, -0.15) is 0 Å². The van der Waals surface area contributed by atoms with Crippen molar-refractivity contribution in [3.05, 3.63) is 46.5 Å². The molecule has 1 amide bonds. The van der Waals surface area contributed by atoms with Crippen molar-refractivity contribution in [2.24, 2.45) is 5.41 Å². The highest BCUT2D eigenvalue weighted by Crippen LogP contribution is 2.37. The van der Waals surface area contributed by atoms with Crippen LogP contribution in [0.3, 0.4) is 0 Å². The number of nitrogens with one attached hydrogen (secondary N) is 1. The van der Waals surface area contributed by atoms with E-state index in [0.717, 1.165) is 0 Å². The van der Waals surface area contributed by atoms with Crippen molar-refractivity contribution in [1.29, 1.82) is 0 Å². The van der Waals surface area contributed by atoms with Crippen molar-refractivity contribution < 1.29 is 19.2 Å². The van der Waals surface area contributed by atoms with Crippen LogP contribution in [0.15, 0.2) is 35.4 Å². The standard InChI is InChI=1S/C16H17NO4/c1-9-12(16(2,3)15(20)17-21-4)14(19)11-8-6-5-7-10(11)13(9)18/h5-8H,1-4H3,(H,17,20). The number of allylic oxidation sites excluding steroid dienone is 1. The van der Waals surface area contributed by atoms with Gasteiger partial charge in [0.15, 0.2) is 11.6 Å². The minimum atomic E-state index is -1.17. The van der Waals surface area contributed by atoms with Gasteiger partial charge in [0.05, 0.1) is 12.5 Å². The highest BCUT2D eigenvalue weighted by atomic mass is 16.6. The number of rotatable bonds is 3. The Balaban J connectivity index is 2.59. The normalized spacial score (nSPS) is 15.0. The van der Waals surface area contributed by atoms with Gasteiger partial charge in [-0.25, -0.2) is 5.48 Å². The summed E-state index contributed by atoms with van der Waals surface area (Å²) in [7, 11) is 1.32. The summed E-state index contributed by atoms with van der Waals surface area (Å²) in [6.45, 7) is 4.77. The molecule has 21 heavy (non-hydrogen) atoms. The summed E-state index contributed by atoms with van der Waals surface area (Å²) in [5.74, 6) is -0.989. The molecule has 110 valence electrons. The Bertz CT molecular complexity index is 671. The molecule has 0 saturated carbocycles. The molecule has 0 unspecified atom stereocenters. The Labute approximate surface area is 122 Å². The molecule has 0 spiro atoms. The largest absolute Gasteiger partial charge is 0.289 e. The molecule has 0 radical (unpaired) electrons. The van der Waals surface area contributed by atoms with Crippen LogP contribution in [0.4, 0.5) is 0 Å². The molecule has 0 fully saturated rings. The van der Waals surface area contributed by atoms with Gasteiger partial charge in [0.2, 0.25) is 0 Å². The highest BCUT2D eigenvalue weighted by Gasteiger charge is 2.42. The molecule has 5 nitrogen and oxygen atoms in total. The van der Waals surface area contributed by atoms with Crippen molar-refractivity contribution in [3.8, 4) is 0 Å². The molecule has 0 aliphatic heterocycles. The molecule has 1 aromatic carbocycles. The van der Waals surface area contributed by atoms with E-state index in [2.05, 4.69) is 10.3 Å². The average Bonchev–Trinajstić information content (AvgIpc) is 2.45. The molecule has 0 bridgehead atoms. The maximum atomic E-state index is 12.7. The molecule has 1 aromatic rings. The molecule has 0 heterocycles.